The van der Waals surface area contributed by atoms with Gasteiger partial charge in [-0.05, 0) is 98.6 Å². The van der Waals surface area contributed by atoms with E-state index in [1.807, 2.05) is 13.8 Å². The second kappa shape index (κ2) is 14.9. The van der Waals surface area contributed by atoms with Gasteiger partial charge in [0.2, 0.25) is 0 Å². The van der Waals surface area contributed by atoms with Crippen LogP contribution in [0.1, 0.15) is 65.5 Å². The number of ether oxygens (including phenoxy) is 1. The lowest BCUT2D eigenvalue weighted by Gasteiger charge is -2.27. The molecule has 0 spiro atoms. The summed E-state index contributed by atoms with van der Waals surface area (Å²) in [7, 11) is 0. The Hall–Kier alpha value is -4.57. The van der Waals surface area contributed by atoms with E-state index >= 15 is 0 Å². The molecule has 1 aliphatic carbocycles. The van der Waals surface area contributed by atoms with Crippen molar-refractivity contribution in [3.8, 4) is 5.75 Å². The van der Waals surface area contributed by atoms with Crippen molar-refractivity contribution in [1.29, 1.82) is 0 Å². The predicted molar refractivity (Wildman–Crippen MR) is 164 cm³/mol. The summed E-state index contributed by atoms with van der Waals surface area (Å²) in [6.07, 6.45) is 2.93. The fourth-order valence-electron chi connectivity index (χ4n) is 5.12. The average Bonchev–Trinajstić information content (AvgIpc) is 3.01. The molecule has 0 atom stereocenters. The van der Waals surface area contributed by atoms with Crippen LogP contribution >= 0.6 is 0 Å². The van der Waals surface area contributed by atoms with Crippen molar-refractivity contribution < 1.29 is 36.7 Å². The van der Waals surface area contributed by atoms with Crippen molar-refractivity contribution >= 4 is 29.6 Å². The van der Waals surface area contributed by atoms with Gasteiger partial charge in [0.1, 0.15) is 12.4 Å². The molecule has 6 nitrogen and oxygen atoms in total. The highest BCUT2D eigenvalue weighted by Gasteiger charge is 2.29. The molecule has 1 aliphatic rings. The number of amides is 1. The molecule has 0 unspecified atom stereocenters. The van der Waals surface area contributed by atoms with Gasteiger partial charge in [0.15, 0.2) is 34.8 Å². The number of ketones is 2. The quantitative estimate of drug-likeness (QED) is 0.145. The second-order valence-corrected chi connectivity index (χ2v) is 10.7. The van der Waals surface area contributed by atoms with E-state index in [2.05, 4.69) is 10.2 Å². The number of benzene rings is 3. The molecule has 0 aromatic heterocycles. The Kier molecular flexibility index (Phi) is 11.1. The van der Waals surface area contributed by atoms with Crippen molar-refractivity contribution in [1.82, 2.24) is 10.2 Å². The van der Waals surface area contributed by atoms with Crippen LogP contribution in [0.25, 0.3) is 12.2 Å². The molecule has 0 radical (unpaired) electrons. The smallest absolute Gasteiger partial charge is 0.251 e. The predicted octanol–water partition coefficient (Wildman–Crippen LogP) is 6.79. The van der Waals surface area contributed by atoms with Crippen LogP contribution in [0, 0.1) is 23.3 Å². The first-order valence-electron chi connectivity index (χ1n) is 14.7. The Morgan fingerprint density at radius 3 is 1.89 bits per heavy atom. The third-order valence-corrected chi connectivity index (χ3v) is 7.60. The van der Waals surface area contributed by atoms with Crippen LogP contribution < -0.4 is 10.1 Å². The minimum absolute atomic E-state index is 0.0603. The summed E-state index contributed by atoms with van der Waals surface area (Å²) in [6, 6.07) is 10.3. The highest BCUT2D eigenvalue weighted by molar-refractivity contribution is 6.14. The molecule has 45 heavy (non-hydrogen) atoms. The lowest BCUT2D eigenvalue weighted by molar-refractivity contribution is -0.113. The summed E-state index contributed by atoms with van der Waals surface area (Å²) in [5.74, 6) is -5.11. The number of carbonyl (C=O) groups is 3. The Morgan fingerprint density at radius 2 is 1.40 bits per heavy atom. The maximum atomic E-state index is 13.9. The number of likely N-dealkylation sites (N-methyl/N-ethyl adjacent to an activating group) is 1. The van der Waals surface area contributed by atoms with Gasteiger partial charge in [-0.3, -0.25) is 14.4 Å². The number of carbonyl (C=O) groups excluding carboxylic acids is 3. The highest BCUT2D eigenvalue weighted by Crippen LogP contribution is 2.30. The Bertz CT molecular complexity index is 1590. The van der Waals surface area contributed by atoms with E-state index in [1.54, 1.807) is 12.1 Å². The number of nitrogens with one attached hydrogen (secondary N) is 1. The fourth-order valence-corrected chi connectivity index (χ4v) is 5.12. The normalized spacial score (nSPS) is 16.8. The number of rotatable bonds is 11. The molecule has 4 rings (SSSR count). The van der Waals surface area contributed by atoms with Gasteiger partial charge in [0.05, 0.1) is 5.56 Å². The molecule has 1 saturated carbocycles. The van der Waals surface area contributed by atoms with Crippen molar-refractivity contribution in [2.45, 2.75) is 39.7 Å². The molecule has 3 aromatic rings. The van der Waals surface area contributed by atoms with Gasteiger partial charge in [0.25, 0.3) is 5.91 Å². The lowest BCUT2D eigenvalue weighted by atomic mass is 9.83. The van der Waals surface area contributed by atoms with E-state index in [0.29, 0.717) is 18.9 Å². The third kappa shape index (κ3) is 8.54. The van der Waals surface area contributed by atoms with Crippen LogP contribution in [-0.4, -0.2) is 54.7 Å². The van der Waals surface area contributed by atoms with E-state index < -0.39 is 41.0 Å². The van der Waals surface area contributed by atoms with E-state index in [9.17, 15) is 31.9 Å². The molecule has 1 fully saturated rings. The standard InChI is InChI=1S/C35H34F4N2O4/c1-4-41(5-2)12-13-45-33-11-8-24(20-28(33)21(3)42)35(44)40-27-18-25(14-22-6-9-29(36)31(38)16-22)34(43)26(19-27)15-23-7-10-30(37)32(39)17-23/h6-11,14-17,20,27H,4-5,12-13,18-19H2,1-3H3,(H,40,44)/b25-14+,26-15+. The summed E-state index contributed by atoms with van der Waals surface area (Å²) in [6.45, 7) is 8.23. The van der Waals surface area contributed by atoms with Crippen molar-refractivity contribution in [3.63, 3.8) is 0 Å². The fraction of sp³-hybridized carbons (Fsp3) is 0.286. The topological polar surface area (TPSA) is 75.7 Å². The minimum atomic E-state index is -1.09. The Balaban J connectivity index is 1.60. The molecular formula is C35H34F4N2O4. The number of hydrogen-bond acceptors (Lipinski definition) is 5. The zero-order chi connectivity index (χ0) is 32.7. The molecule has 0 aliphatic heterocycles. The van der Waals surface area contributed by atoms with E-state index in [0.717, 1.165) is 37.4 Å². The number of Topliss-reactive ketones (excluding diaryl/α,β-unsaturated/α-hetero) is 2. The second-order valence-electron chi connectivity index (χ2n) is 10.7. The largest absolute Gasteiger partial charge is 0.491 e. The van der Waals surface area contributed by atoms with E-state index in [4.69, 9.17) is 4.74 Å². The molecule has 3 aromatic carbocycles. The van der Waals surface area contributed by atoms with Crippen molar-refractivity contribution in [3.05, 3.63) is 111 Å². The number of hydrogen-bond donors (Lipinski definition) is 1. The van der Waals surface area contributed by atoms with Gasteiger partial charge in [-0.1, -0.05) is 26.0 Å². The highest BCUT2D eigenvalue weighted by atomic mass is 19.2. The van der Waals surface area contributed by atoms with Gasteiger partial charge in [-0.25, -0.2) is 17.6 Å². The Morgan fingerprint density at radius 1 is 0.844 bits per heavy atom. The first kappa shape index (κ1) is 33.3. The molecule has 1 N–H and O–H groups in total. The average molecular weight is 623 g/mol. The molecule has 1 amide bonds. The molecule has 10 heteroatoms. The summed E-state index contributed by atoms with van der Waals surface area (Å²) >= 11 is 0. The van der Waals surface area contributed by atoms with Gasteiger partial charge in [-0.15, -0.1) is 0 Å². The van der Waals surface area contributed by atoms with Gasteiger partial charge in [0, 0.05) is 29.3 Å². The van der Waals surface area contributed by atoms with E-state index in [-0.39, 0.29) is 52.0 Å². The molecule has 0 heterocycles. The summed E-state index contributed by atoms with van der Waals surface area (Å²) in [4.78, 5) is 41.4. The summed E-state index contributed by atoms with van der Waals surface area (Å²) < 4.78 is 60.7. The summed E-state index contributed by atoms with van der Waals surface area (Å²) in [5, 5.41) is 2.89. The molecular weight excluding hydrogens is 588 g/mol. The molecule has 0 bridgehead atoms. The molecule has 0 saturated heterocycles. The monoisotopic (exact) mass is 622 g/mol. The van der Waals surface area contributed by atoms with Crippen LogP contribution in [0.4, 0.5) is 17.6 Å². The molecule has 236 valence electrons. The van der Waals surface area contributed by atoms with Gasteiger partial charge in [-0.2, -0.15) is 0 Å². The number of nitrogens with zero attached hydrogens (tertiary/aromatic N) is 1. The first-order valence-corrected chi connectivity index (χ1v) is 14.7. The lowest BCUT2D eigenvalue weighted by Crippen LogP contribution is -2.39. The van der Waals surface area contributed by atoms with Crippen LogP contribution in [0.15, 0.2) is 65.7 Å². The third-order valence-electron chi connectivity index (χ3n) is 7.60. The van der Waals surface area contributed by atoms with Crippen LogP contribution in [0.3, 0.4) is 0 Å². The van der Waals surface area contributed by atoms with Gasteiger partial charge < -0.3 is 15.0 Å². The van der Waals surface area contributed by atoms with Crippen LogP contribution in [0.2, 0.25) is 0 Å². The maximum Gasteiger partial charge on any atom is 0.251 e. The van der Waals surface area contributed by atoms with E-state index in [1.165, 1.54) is 37.3 Å². The zero-order valence-corrected chi connectivity index (χ0v) is 25.3. The SMILES string of the molecule is CCN(CC)CCOc1ccc(C(=O)NC2C/C(=C\c3ccc(F)c(F)c3)C(=O)/C(=C/c3ccc(F)c(F)c3)C2)cc1C(C)=O. The van der Waals surface area contributed by atoms with Crippen LogP contribution in [0.5, 0.6) is 5.75 Å². The summed E-state index contributed by atoms with van der Waals surface area (Å²) in [5.41, 5.74) is 1.32. The van der Waals surface area contributed by atoms with Crippen molar-refractivity contribution in [2.24, 2.45) is 0 Å². The Labute approximate surface area is 259 Å². The van der Waals surface area contributed by atoms with Crippen LogP contribution in [-0.2, 0) is 4.79 Å². The van der Waals surface area contributed by atoms with Crippen molar-refractivity contribution in [2.75, 3.05) is 26.2 Å². The first-order chi connectivity index (χ1) is 21.5. The zero-order valence-electron chi connectivity index (χ0n) is 25.3. The maximum absolute atomic E-state index is 13.9. The minimum Gasteiger partial charge on any atom is -0.491 e. The van der Waals surface area contributed by atoms with Gasteiger partial charge >= 0.3 is 0 Å². The number of halogens is 4.